The van der Waals surface area contributed by atoms with Crippen molar-refractivity contribution in [2.45, 2.75) is 57.9 Å². The van der Waals surface area contributed by atoms with Crippen LogP contribution in [0.1, 0.15) is 31.4 Å². The molecule has 1 aromatic heterocycles. The van der Waals surface area contributed by atoms with E-state index in [0.717, 1.165) is 0 Å². The van der Waals surface area contributed by atoms with Gasteiger partial charge in [-0.1, -0.05) is 23.9 Å². The van der Waals surface area contributed by atoms with Gasteiger partial charge >= 0.3 is 11.7 Å². The maximum absolute atomic E-state index is 12.7. The predicted molar refractivity (Wildman–Crippen MR) is 140 cm³/mol. The summed E-state index contributed by atoms with van der Waals surface area (Å²) in [4.78, 5) is 34.6. The van der Waals surface area contributed by atoms with Gasteiger partial charge in [-0.3, -0.25) is 4.84 Å². The molecule has 2 heterocycles. The van der Waals surface area contributed by atoms with E-state index in [4.69, 9.17) is 45.9 Å². The molecule has 0 radical (unpaired) electrons. The summed E-state index contributed by atoms with van der Waals surface area (Å²) >= 11 is 0. The number of rotatable bonds is 10. The first-order chi connectivity index (χ1) is 19.2. The van der Waals surface area contributed by atoms with E-state index in [1.165, 1.54) is 26.2 Å². The monoisotopic (exact) mass is 558 g/mol. The number of aliphatic hydroxyl groups is 1. The molecule has 214 valence electrons. The normalized spacial score (nSPS) is 22.7. The number of aliphatic hydroxyl groups excluding tert-OH is 1. The quantitative estimate of drug-likeness (QED) is 0.128. The molecular formula is C27H30N2O11. The van der Waals surface area contributed by atoms with E-state index in [1.54, 1.807) is 6.92 Å². The Hall–Kier alpha value is -4.27. The summed E-state index contributed by atoms with van der Waals surface area (Å²) in [5.41, 5.74) is 1.38. The van der Waals surface area contributed by atoms with E-state index in [1.807, 2.05) is 12.4 Å². The summed E-state index contributed by atoms with van der Waals surface area (Å²) in [6, 6.07) is 2.96. The second-order valence-corrected chi connectivity index (χ2v) is 8.56. The van der Waals surface area contributed by atoms with Crippen LogP contribution in [0.5, 0.6) is 11.5 Å². The Labute approximate surface area is 229 Å². The van der Waals surface area contributed by atoms with Gasteiger partial charge in [0.05, 0.1) is 17.2 Å². The number of fused-ring (bicyclic) bond motifs is 1. The fourth-order valence-electron chi connectivity index (χ4n) is 4.17. The molecule has 1 saturated heterocycles. The van der Waals surface area contributed by atoms with Gasteiger partial charge in [-0.15, -0.1) is 12.8 Å². The van der Waals surface area contributed by atoms with Crippen LogP contribution in [0, 0.1) is 31.6 Å². The van der Waals surface area contributed by atoms with Crippen molar-refractivity contribution in [1.82, 2.24) is 5.48 Å². The maximum atomic E-state index is 12.7. The van der Waals surface area contributed by atoms with Gasteiger partial charge < -0.3 is 38.4 Å². The summed E-state index contributed by atoms with van der Waals surface area (Å²) in [7, 11) is 1.39. The van der Waals surface area contributed by atoms with Crippen molar-refractivity contribution in [1.29, 1.82) is 0 Å². The number of hydrogen-bond acceptors (Lipinski definition) is 12. The largest absolute Gasteiger partial charge is 0.506 e. The topological polar surface area (TPSA) is 168 Å². The first-order valence-corrected chi connectivity index (χ1v) is 12.1. The summed E-state index contributed by atoms with van der Waals surface area (Å²) in [6.07, 6.45) is 4.12. The Kier molecular flexibility index (Phi) is 10.4. The lowest BCUT2D eigenvalue weighted by molar-refractivity contribution is -0.276. The molecule has 1 aliphatic rings. The van der Waals surface area contributed by atoms with Crippen molar-refractivity contribution in [3.63, 3.8) is 0 Å². The number of amides is 1. The summed E-state index contributed by atoms with van der Waals surface area (Å²) in [6.45, 7) is 4.55. The Morgan fingerprint density at radius 3 is 2.60 bits per heavy atom. The molecule has 1 fully saturated rings. The number of nitrogens with one attached hydrogen (secondary N) is 1. The highest BCUT2D eigenvalue weighted by Crippen LogP contribution is 2.36. The standard InChI is InChI=1S/C27H30N2O11/c1-7-12-35-28-15(5)19-20(30)16-10-11-18(14(4)22(16)39-25(19)32)38-26-21(31)24(23(34-6)17(9-3)37-26)40-27(33)29-36-13-8-2/h1-2,10-11,17,21,23-24,26,30-31H,9,12-13H2,3-6H3,(H,29,33)/t17-,21+,23-,24-,26?/m0/s1. The van der Waals surface area contributed by atoms with E-state index in [9.17, 15) is 19.8 Å². The zero-order valence-electron chi connectivity index (χ0n) is 22.3. The number of hydrogen-bond donors (Lipinski definition) is 3. The van der Waals surface area contributed by atoms with Crippen LogP contribution >= 0.6 is 0 Å². The third-order valence-corrected chi connectivity index (χ3v) is 6.04. The fourth-order valence-corrected chi connectivity index (χ4v) is 4.17. The molecular weight excluding hydrogens is 528 g/mol. The number of hydroxylamine groups is 1. The molecule has 3 N–H and O–H groups in total. The van der Waals surface area contributed by atoms with Crippen LogP contribution in [-0.2, 0) is 23.9 Å². The number of aromatic hydroxyl groups is 1. The zero-order valence-corrected chi connectivity index (χ0v) is 22.3. The molecule has 1 aromatic carbocycles. The summed E-state index contributed by atoms with van der Waals surface area (Å²) in [5.74, 6) is 4.21. The molecule has 13 heteroatoms. The third kappa shape index (κ3) is 6.47. The number of terminal acetylenes is 2. The van der Waals surface area contributed by atoms with Gasteiger partial charge in [0, 0.05) is 12.7 Å². The average molecular weight is 559 g/mol. The molecule has 0 spiro atoms. The minimum atomic E-state index is -1.51. The van der Waals surface area contributed by atoms with E-state index >= 15 is 0 Å². The van der Waals surface area contributed by atoms with Crippen LogP contribution in [-0.4, -0.2) is 73.0 Å². The Balaban J connectivity index is 1.92. The van der Waals surface area contributed by atoms with E-state index in [2.05, 4.69) is 17.0 Å². The second kappa shape index (κ2) is 13.7. The Morgan fingerprint density at radius 1 is 1.23 bits per heavy atom. The molecule has 13 nitrogen and oxygen atoms in total. The molecule has 0 saturated carbocycles. The van der Waals surface area contributed by atoms with Crippen LogP contribution in [0.25, 0.3) is 11.0 Å². The number of methoxy groups -OCH3 is 1. The van der Waals surface area contributed by atoms with Gasteiger partial charge in [0.1, 0.15) is 35.4 Å². The summed E-state index contributed by atoms with van der Waals surface area (Å²) < 4.78 is 28.2. The van der Waals surface area contributed by atoms with Crippen molar-refractivity contribution in [3.05, 3.63) is 33.7 Å². The third-order valence-electron chi connectivity index (χ3n) is 6.04. The van der Waals surface area contributed by atoms with Gasteiger partial charge in [-0.05, 0) is 32.4 Å². The molecule has 1 amide bonds. The maximum Gasteiger partial charge on any atom is 0.431 e. The highest BCUT2D eigenvalue weighted by Gasteiger charge is 2.48. The van der Waals surface area contributed by atoms with Crippen LogP contribution in [0.4, 0.5) is 4.79 Å². The molecule has 5 atom stereocenters. The number of nitrogens with zero attached hydrogens (tertiary/aromatic N) is 1. The minimum Gasteiger partial charge on any atom is -0.506 e. The van der Waals surface area contributed by atoms with Crippen molar-refractivity contribution >= 4 is 22.8 Å². The molecule has 1 unspecified atom stereocenters. The first-order valence-electron chi connectivity index (χ1n) is 12.1. The Morgan fingerprint density at radius 2 is 1.95 bits per heavy atom. The van der Waals surface area contributed by atoms with E-state index in [-0.39, 0.29) is 47.0 Å². The molecule has 1 aliphatic heterocycles. The lowest BCUT2D eigenvalue weighted by Crippen LogP contribution is -2.61. The fraction of sp³-hybridized carbons (Fsp3) is 0.444. The molecule has 3 rings (SSSR count). The summed E-state index contributed by atoms with van der Waals surface area (Å²) in [5, 5.41) is 25.8. The molecule has 2 aromatic rings. The van der Waals surface area contributed by atoms with Crippen LogP contribution in [0.15, 0.2) is 26.5 Å². The SMILES string of the molecule is C#CCON=C(C)c1c(O)c2ccc(OC3O[C@@H](CC)[C@H](OC)[C@@H](OC(=O)NOCC#C)[C@H]3O)c(C)c2oc1=O. The smallest absolute Gasteiger partial charge is 0.431 e. The second-order valence-electron chi connectivity index (χ2n) is 8.56. The molecule has 0 bridgehead atoms. The van der Waals surface area contributed by atoms with Crippen molar-refractivity contribution in [2.24, 2.45) is 5.16 Å². The highest BCUT2D eigenvalue weighted by atomic mass is 16.7. The number of carbonyl (C=O) groups is 1. The predicted octanol–water partition coefficient (Wildman–Crippen LogP) is 1.73. The van der Waals surface area contributed by atoms with E-state index in [0.29, 0.717) is 12.0 Å². The number of aryl methyl sites for hydroxylation is 1. The molecule has 40 heavy (non-hydrogen) atoms. The zero-order chi connectivity index (χ0) is 29.4. The van der Waals surface area contributed by atoms with Crippen LogP contribution in [0.3, 0.4) is 0 Å². The number of ether oxygens (including phenoxy) is 4. The minimum absolute atomic E-state index is 0.0334. The van der Waals surface area contributed by atoms with Gasteiger partial charge in [0.2, 0.25) is 6.29 Å². The lowest BCUT2D eigenvalue weighted by Gasteiger charge is -2.43. The van der Waals surface area contributed by atoms with Gasteiger partial charge in [-0.2, -0.15) is 5.48 Å². The van der Waals surface area contributed by atoms with Gasteiger partial charge in [-0.25, -0.2) is 9.59 Å². The number of carbonyl (C=O) groups excluding carboxylic acids is 1. The van der Waals surface area contributed by atoms with Gasteiger partial charge in [0.25, 0.3) is 0 Å². The molecule has 0 aliphatic carbocycles. The number of benzene rings is 1. The van der Waals surface area contributed by atoms with Crippen molar-refractivity contribution in [3.8, 4) is 36.2 Å². The van der Waals surface area contributed by atoms with Crippen LogP contribution < -0.4 is 15.8 Å². The van der Waals surface area contributed by atoms with Crippen molar-refractivity contribution < 1.29 is 48.0 Å². The van der Waals surface area contributed by atoms with Gasteiger partial charge in [0.15, 0.2) is 18.8 Å². The Bertz CT molecular complexity index is 1390. The van der Waals surface area contributed by atoms with Crippen molar-refractivity contribution in [2.75, 3.05) is 20.3 Å². The van der Waals surface area contributed by atoms with Crippen LogP contribution in [0.2, 0.25) is 0 Å². The first kappa shape index (κ1) is 30.3. The number of oxime groups is 1. The lowest BCUT2D eigenvalue weighted by atomic mass is 9.96. The average Bonchev–Trinajstić information content (AvgIpc) is 2.92. The highest BCUT2D eigenvalue weighted by molar-refractivity contribution is 6.04. The van der Waals surface area contributed by atoms with E-state index < -0.39 is 42.4 Å².